The molecule has 2 aromatic rings. The van der Waals surface area contributed by atoms with Crippen LogP contribution in [0, 0.1) is 18.7 Å². The van der Waals surface area contributed by atoms with Crippen LogP contribution in [0.3, 0.4) is 0 Å². The Balaban J connectivity index is 1.44. The van der Waals surface area contributed by atoms with E-state index in [-0.39, 0.29) is 16.7 Å². The van der Waals surface area contributed by atoms with Gasteiger partial charge in [0, 0.05) is 19.5 Å². The van der Waals surface area contributed by atoms with Crippen LogP contribution in [0.5, 0.6) is 0 Å². The number of amides is 1. The Morgan fingerprint density at radius 3 is 2.57 bits per heavy atom. The number of piperidine rings is 1. The van der Waals surface area contributed by atoms with Crippen molar-refractivity contribution < 1.29 is 22.0 Å². The lowest BCUT2D eigenvalue weighted by atomic mass is 9.93. The van der Waals surface area contributed by atoms with Crippen LogP contribution in [-0.2, 0) is 21.4 Å². The highest BCUT2D eigenvalue weighted by atomic mass is 32.2. The molecule has 0 aliphatic carbocycles. The van der Waals surface area contributed by atoms with E-state index in [0.29, 0.717) is 45.3 Å². The number of carbonyl (C=O) groups is 1. The Kier molecular flexibility index (Phi) is 6.51. The number of halogens is 1. The first kappa shape index (κ1) is 20.5. The lowest BCUT2D eigenvalue weighted by Gasteiger charge is -2.31. The Morgan fingerprint density at radius 2 is 1.93 bits per heavy atom. The molecule has 152 valence electrons. The molecule has 0 unspecified atom stereocenters. The number of sulfonamides is 1. The van der Waals surface area contributed by atoms with Crippen LogP contribution in [0.25, 0.3) is 0 Å². The topological polar surface area (TPSA) is 79.6 Å². The minimum Gasteiger partial charge on any atom is -0.465 e. The second kappa shape index (κ2) is 8.87. The van der Waals surface area contributed by atoms with Crippen LogP contribution in [0.15, 0.2) is 45.7 Å². The highest BCUT2D eigenvalue weighted by Gasteiger charge is 2.31. The van der Waals surface area contributed by atoms with Gasteiger partial charge in [0.2, 0.25) is 15.9 Å². The predicted molar refractivity (Wildman–Crippen MR) is 102 cm³/mol. The van der Waals surface area contributed by atoms with E-state index in [1.807, 2.05) is 19.1 Å². The number of aryl methyl sites for hydroxylation is 1. The number of carbonyl (C=O) groups excluding carboxylic acids is 1. The van der Waals surface area contributed by atoms with Crippen molar-refractivity contribution in [1.82, 2.24) is 9.62 Å². The van der Waals surface area contributed by atoms with E-state index in [1.54, 1.807) is 0 Å². The van der Waals surface area contributed by atoms with Crippen molar-refractivity contribution in [3.63, 3.8) is 0 Å². The van der Waals surface area contributed by atoms with Gasteiger partial charge in [0.25, 0.3) is 0 Å². The second-order valence-corrected chi connectivity index (χ2v) is 9.01. The maximum atomic E-state index is 13.9. The lowest BCUT2D eigenvalue weighted by molar-refractivity contribution is -0.121. The minimum absolute atomic E-state index is 0.0459. The Labute approximate surface area is 164 Å². The number of rotatable bonds is 7. The Bertz CT molecular complexity index is 918. The van der Waals surface area contributed by atoms with Gasteiger partial charge in [-0.15, -0.1) is 0 Å². The van der Waals surface area contributed by atoms with E-state index >= 15 is 0 Å². The van der Waals surface area contributed by atoms with Crippen LogP contribution in [-0.4, -0.2) is 31.7 Å². The van der Waals surface area contributed by atoms with Gasteiger partial charge in [-0.25, -0.2) is 12.8 Å². The monoisotopic (exact) mass is 408 g/mol. The van der Waals surface area contributed by atoms with Crippen molar-refractivity contribution in [3.05, 3.63) is 53.7 Å². The van der Waals surface area contributed by atoms with Crippen LogP contribution in [0.2, 0.25) is 0 Å². The molecule has 0 bridgehead atoms. The van der Waals surface area contributed by atoms with Crippen molar-refractivity contribution >= 4 is 15.9 Å². The van der Waals surface area contributed by atoms with Gasteiger partial charge in [-0.1, -0.05) is 12.1 Å². The molecule has 0 radical (unpaired) electrons. The molecule has 1 aromatic carbocycles. The number of nitrogens with one attached hydrogen (secondary N) is 1. The van der Waals surface area contributed by atoms with Gasteiger partial charge in [0.15, 0.2) is 0 Å². The van der Waals surface area contributed by atoms with Gasteiger partial charge in [0.05, 0.1) is 6.54 Å². The number of furan rings is 1. The summed E-state index contributed by atoms with van der Waals surface area (Å²) >= 11 is 0. The van der Waals surface area contributed by atoms with Crippen molar-refractivity contribution in [2.45, 2.75) is 44.0 Å². The molecule has 1 aromatic heterocycles. The first-order valence-corrected chi connectivity index (χ1v) is 10.9. The van der Waals surface area contributed by atoms with Crippen molar-refractivity contribution in [1.29, 1.82) is 0 Å². The molecule has 28 heavy (non-hydrogen) atoms. The number of nitrogens with zero attached hydrogens (tertiary/aromatic N) is 1. The highest BCUT2D eigenvalue weighted by Crippen LogP contribution is 2.27. The summed E-state index contributed by atoms with van der Waals surface area (Å²) in [4.78, 5) is 11.7. The van der Waals surface area contributed by atoms with Crippen molar-refractivity contribution in [2.24, 2.45) is 5.92 Å². The molecule has 1 aliphatic rings. The zero-order chi connectivity index (χ0) is 20.1. The smallest absolute Gasteiger partial charge is 0.245 e. The van der Waals surface area contributed by atoms with Gasteiger partial charge >= 0.3 is 0 Å². The molecular formula is C20H25FN2O4S. The molecule has 6 nitrogen and oxygen atoms in total. The van der Waals surface area contributed by atoms with Crippen LogP contribution in [0.1, 0.15) is 37.2 Å². The fraction of sp³-hybridized carbons (Fsp3) is 0.450. The molecule has 1 amide bonds. The molecule has 1 saturated heterocycles. The Hall–Kier alpha value is -2.19. The van der Waals surface area contributed by atoms with E-state index in [0.717, 1.165) is 17.6 Å². The van der Waals surface area contributed by atoms with Gasteiger partial charge in [0.1, 0.15) is 22.2 Å². The largest absolute Gasteiger partial charge is 0.465 e. The third kappa shape index (κ3) is 4.99. The SMILES string of the molecule is Cc1ccc(CNC(=O)CCC2CCN(S(=O)(=O)c3ccccc3F)CC2)o1. The fourth-order valence-corrected chi connectivity index (χ4v) is 4.96. The van der Waals surface area contributed by atoms with E-state index in [2.05, 4.69) is 5.32 Å². The second-order valence-electron chi connectivity index (χ2n) is 7.11. The van der Waals surface area contributed by atoms with Gasteiger partial charge in [-0.3, -0.25) is 4.79 Å². The first-order valence-electron chi connectivity index (χ1n) is 9.43. The molecule has 2 heterocycles. The van der Waals surface area contributed by atoms with E-state index in [9.17, 15) is 17.6 Å². The van der Waals surface area contributed by atoms with E-state index in [1.165, 1.54) is 22.5 Å². The number of hydrogen-bond acceptors (Lipinski definition) is 4. The minimum atomic E-state index is -3.82. The van der Waals surface area contributed by atoms with E-state index in [4.69, 9.17) is 4.42 Å². The highest BCUT2D eigenvalue weighted by molar-refractivity contribution is 7.89. The summed E-state index contributed by atoms with van der Waals surface area (Å²) in [6.45, 7) is 2.90. The lowest BCUT2D eigenvalue weighted by Crippen LogP contribution is -2.39. The first-order chi connectivity index (χ1) is 13.4. The summed E-state index contributed by atoms with van der Waals surface area (Å²) in [6, 6.07) is 9.12. The maximum Gasteiger partial charge on any atom is 0.245 e. The zero-order valence-corrected chi connectivity index (χ0v) is 16.7. The van der Waals surface area contributed by atoms with Crippen molar-refractivity contribution in [3.8, 4) is 0 Å². The zero-order valence-electron chi connectivity index (χ0n) is 15.9. The van der Waals surface area contributed by atoms with Gasteiger partial charge < -0.3 is 9.73 Å². The van der Waals surface area contributed by atoms with Crippen LogP contribution in [0.4, 0.5) is 4.39 Å². The fourth-order valence-electron chi connectivity index (χ4n) is 3.42. The summed E-state index contributed by atoms with van der Waals surface area (Å²) in [5.41, 5.74) is 0. The average Bonchev–Trinajstić information content (AvgIpc) is 3.10. The average molecular weight is 408 g/mol. The van der Waals surface area contributed by atoms with Gasteiger partial charge in [-0.05, 0) is 56.4 Å². The molecule has 1 fully saturated rings. The molecule has 0 spiro atoms. The quantitative estimate of drug-likeness (QED) is 0.763. The van der Waals surface area contributed by atoms with Crippen LogP contribution >= 0.6 is 0 Å². The summed E-state index contributed by atoms with van der Waals surface area (Å²) in [6.07, 6.45) is 2.43. The van der Waals surface area contributed by atoms with Crippen molar-refractivity contribution in [2.75, 3.05) is 13.1 Å². The van der Waals surface area contributed by atoms with E-state index < -0.39 is 15.8 Å². The number of benzene rings is 1. The molecule has 1 N–H and O–H groups in total. The third-order valence-corrected chi connectivity index (χ3v) is 7.00. The summed E-state index contributed by atoms with van der Waals surface area (Å²) in [5, 5.41) is 2.83. The normalized spacial score (nSPS) is 16.2. The summed E-state index contributed by atoms with van der Waals surface area (Å²) in [7, 11) is -3.82. The summed E-state index contributed by atoms with van der Waals surface area (Å²) < 4.78 is 45.8. The third-order valence-electron chi connectivity index (χ3n) is 5.06. The predicted octanol–water partition coefficient (Wildman–Crippen LogP) is 3.22. The standard InChI is InChI=1S/C20H25FN2O4S/c1-15-6-8-17(27-15)14-22-20(24)9-7-16-10-12-23(13-11-16)28(25,26)19-5-3-2-4-18(19)21/h2-6,8,16H,7,9-14H2,1H3,(H,22,24). The Morgan fingerprint density at radius 1 is 1.21 bits per heavy atom. The van der Waals surface area contributed by atoms with Crippen LogP contribution < -0.4 is 5.32 Å². The molecule has 8 heteroatoms. The summed E-state index contributed by atoms with van der Waals surface area (Å²) in [5.74, 6) is 1.03. The maximum absolute atomic E-state index is 13.9. The van der Waals surface area contributed by atoms with Gasteiger partial charge in [-0.2, -0.15) is 4.31 Å². The molecular weight excluding hydrogens is 383 g/mol. The number of hydrogen-bond donors (Lipinski definition) is 1. The molecule has 3 rings (SSSR count). The molecule has 1 aliphatic heterocycles. The molecule has 0 saturated carbocycles. The molecule has 0 atom stereocenters.